The van der Waals surface area contributed by atoms with Crippen molar-refractivity contribution in [1.82, 2.24) is 14.8 Å². The monoisotopic (exact) mass is 452 g/mol. The molecular formula is C20H16ClF3N4O3. The number of amides is 1. The molecule has 3 heterocycles. The SMILES string of the molecule is Cc1c(C(=O)Nc2cc3c(cc2Cl)OCCCO3)cnn1-c1ccc(C(F)(F)F)cn1. The lowest BCUT2D eigenvalue weighted by Crippen LogP contribution is -2.14. The molecule has 0 atom stereocenters. The molecule has 3 aromatic rings. The van der Waals surface area contributed by atoms with Crippen molar-refractivity contribution in [2.24, 2.45) is 0 Å². The Bertz CT molecular complexity index is 1130. The van der Waals surface area contributed by atoms with E-state index >= 15 is 0 Å². The van der Waals surface area contributed by atoms with Gasteiger partial charge in [-0.2, -0.15) is 18.3 Å². The van der Waals surface area contributed by atoms with E-state index < -0.39 is 17.6 Å². The molecule has 0 saturated carbocycles. The Morgan fingerprint density at radius 1 is 1.16 bits per heavy atom. The third kappa shape index (κ3) is 4.29. The average molecular weight is 453 g/mol. The number of pyridine rings is 1. The number of nitrogens with zero attached hydrogens (tertiary/aromatic N) is 3. The van der Waals surface area contributed by atoms with Gasteiger partial charge in [-0.25, -0.2) is 9.67 Å². The van der Waals surface area contributed by atoms with Crippen molar-refractivity contribution in [3.63, 3.8) is 0 Å². The number of ether oxygens (including phenoxy) is 2. The van der Waals surface area contributed by atoms with E-state index in [1.165, 1.54) is 16.9 Å². The number of anilines is 1. The van der Waals surface area contributed by atoms with E-state index in [0.717, 1.165) is 12.5 Å². The predicted molar refractivity (Wildman–Crippen MR) is 106 cm³/mol. The highest BCUT2D eigenvalue weighted by Gasteiger charge is 2.31. The Morgan fingerprint density at radius 2 is 1.87 bits per heavy atom. The van der Waals surface area contributed by atoms with Gasteiger partial charge in [0.25, 0.3) is 5.91 Å². The highest BCUT2D eigenvalue weighted by molar-refractivity contribution is 6.34. The zero-order valence-corrected chi connectivity index (χ0v) is 16.9. The van der Waals surface area contributed by atoms with Crippen LogP contribution in [0, 0.1) is 6.92 Å². The smallest absolute Gasteiger partial charge is 0.417 e. The van der Waals surface area contributed by atoms with E-state index in [1.54, 1.807) is 19.1 Å². The molecule has 162 valence electrons. The van der Waals surface area contributed by atoms with Crippen LogP contribution in [0.1, 0.15) is 28.0 Å². The first-order chi connectivity index (χ1) is 14.7. The lowest BCUT2D eigenvalue weighted by molar-refractivity contribution is -0.137. The molecular weight excluding hydrogens is 437 g/mol. The first-order valence-corrected chi connectivity index (χ1v) is 9.60. The third-order valence-corrected chi connectivity index (χ3v) is 4.94. The number of rotatable bonds is 3. The molecule has 1 aliphatic rings. The molecule has 0 unspecified atom stereocenters. The van der Waals surface area contributed by atoms with Gasteiger partial charge in [0.2, 0.25) is 0 Å². The topological polar surface area (TPSA) is 78.3 Å². The lowest BCUT2D eigenvalue weighted by Gasteiger charge is -2.12. The molecule has 0 fully saturated rings. The molecule has 1 aliphatic heterocycles. The molecule has 0 saturated heterocycles. The van der Waals surface area contributed by atoms with Crippen molar-refractivity contribution < 1.29 is 27.4 Å². The number of hydrogen-bond acceptors (Lipinski definition) is 5. The number of benzene rings is 1. The van der Waals surface area contributed by atoms with Gasteiger partial charge in [0.05, 0.1) is 46.9 Å². The molecule has 7 nitrogen and oxygen atoms in total. The average Bonchev–Trinajstić information content (AvgIpc) is 2.96. The number of fused-ring (bicyclic) bond motifs is 1. The van der Waals surface area contributed by atoms with Crippen molar-refractivity contribution in [2.75, 3.05) is 18.5 Å². The van der Waals surface area contributed by atoms with Gasteiger partial charge in [0.15, 0.2) is 17.3 Å². The second kappa shape index (κ2) is 8.10. The van der Waals surface area contributed by atoms with Crippen LogP contribution in [0.3, 0.4) is 0 Å². The zero-order valence-electron chi connectivity index (χ0n) is 16.2. The Balaban J connectivity index is 1.57. The highest BCUT2D eigenvalue weighted by atomic mass is 35.5. The molecule has 1 aromatic carbocycles. The van der Waals surface area contributed by atoms with Gasteiger partial charge in [-0.15, -0.1) is 0 Å². The lowest BCUT2D eigenvalue weighted by atomic mass is 10.2. The van der Waals surface area contributed by atoms with E-state index in [-0.39, 0.29) is 16.4 Å². The Morgan fingerprint density at radius 3 is 2.52 bits per heavy atom. The third-order valence-electron chi connectivity index (χ3n) is 4.63. The second-order valence-electron chi connectivity index (χ2n) is 6.74. The van der Waals surface area contributed by atoms with Gasteiger partial charge < -0.3 is 14.8 Å². The summed E-state index contributed by atoms with van der Waals surface area (Å²) in [6.45, 7) is 2.59. The summed E-state index contributed by atoms with van der Waals surface area (Å²) in [5.41, 5.74) is 0.0684. The van der Waals surface area contributed by atoms with Gasteiger partial charge in [0, 0.05) is 24.8 Å². The van der Waals surface area contributed by atoms with Crippen LogP contribution in [0.2, 0.25) is 5.02 Å². The first-order valence-electron chi connectivity index (χ1n) is 9.23. The Kier molecular flexibility index (Phi) is 5.48. The van der Waals surface area contributed by atoms with E-state index in [9.17, 15) is 18.0 Å². The molecule has 2 aromatic heterocycles. The quantitative estimate of drug-likeness (QED) is 0.625. The molecule has 0 bridgehead atoms. The zero-order chi connectivity index (χ0) is 22.2. The highest BCUT2D eigenvalue weighted by Crippen LogP contribution is 2.38. The number of alkyl halides is 3. The predicted octanol–water partition coefficient (Wildman–Crippen LogP) is 4.66. The van der Waals surface area contributed by atoms with Crippen molar-refractivity contribution in [1.29, 1.82) is 0 Å². The fourth-order valence-corrected chi connectivity index (χ4v) is 3.21. The summed E-state index contributed by atoms with van der Waals surface area (Å²) in [5.74, 6) is 0.627. The number of carbonyl (C=O) groups is 1. The maximum absolute atomic E-state index is 12.8. The van der Waals surface area contributed by atoms with Crippen LogP contribution in [0.25, 0.3) is 5.82 Å². The number of aromatic nitrogens is 3. The van der Waals surface area contributed by atoms with E-state index in [0.29, 0.717) is 42.3 Å². The standard InChI is InChI=1S/C20H16ClF3N4O3/c1-11-13(10-26-28(11)18-4-3-12(9-25-18)20(22,23)24)19(29)27-15-8-17-16(7-14(15)21)30-5-2-6-31-17/h3-4,7-10H,2,5-6H2,1H3,(H,27,29). The van der Waals surface area contributed by atoms with Gasteiger partial charge >= 0.3 is 6.18 Å². The van der Waals surface area contributed by atoms with Gasteiger partial charge in [-0.1, -0.05) is 11.6 Å². The van der Waals surface area contributed by atoms with Gasteiger partial charge in [-0.3, -0.25) is 4.79 Å². The van der Waals surface area contributed by atoms with Crippen LogP contribution in [0.5, 0.6) is 11.5 Å². The van der Waals surface area contributed by atoms with Gasteiger partial charge in [0.1, 0.15) is 0 Å². The summed E-state index contributed by atoms with van der Waals surface area (Å²) in [7, 11) is 0. The van der Waals surface area contributed by atoms with Crippen molar-refractivity contribution >= 4 is 23.2 Å². The summed E-state index contributed by atoms with van der Waals surface area (Å²) in [6, 6.07) is 5.24. The summed E-state index contributed by atoms with van der Waals surface area (Å²) in [5, 5.41) is 7.05. The van der Waals surface area contributed by atoms with Crippen LogP contribution in [0.4, 0.5) is 18.9 Å². The van der Waals surface area contributed by atoms with Crippen LogP contribution in [-0.2, 0) is 6.18 Å². The molecule has 0 radical (unpaired) electrons. The van der Waals surface area contributed by atoms with Crippen LogP contribution in [0.15, 0.2) is 36.7 Å². The Labute approximate surface area is 179 Å². The summed E-state index contributed by atoms with van der Waals surface area (Å²) in [4.78, 5) is 16.6. The maximum Gasteiger partial charge on any atom is 0.417 e. The van der Waals surface area contributed by atoms with Crippen molar-refractivity contribution in [3.8, 4) is 17.3 Å². The molecule has 1 amide bonds. The summed E-state index contributed by atoms with van der Waals surface area (Å²) < 4.78 is 50.7. The Hall–Kier alpha value is -3.27. The minimum atomic E-state index is -4.49. The van der Waals surface area contributed by atoms with Crippen LogP contribution < -0.4 is 14.8 Å². The normalized spacial score (nSPS) is 13.6. The van der Waals surface area contributed by atoms with Gasteiger partial charge in [-0.05, 0) is 19.1 Å². The maximum atomic E-state index is 12.8. The summed E-state index contributed by atoms with van der Waals surface area (Å²) in [6.07, 6.45) is -1.74. The minimum absolute atomic E-state index is 0.151. The van der Waals surface area contributed by atoms with E-state index in [1.807, 2.05) is 0 Å². The van der Waals surface area contributed by atoms with Crippen LogP contribution >= 0.6 is 11.6 Å². The summed E-state index contributed by atoms with van der Waals surface area (Å²) >= 11 is 6.27. The van der Waals surface area contributed by atoms with E-state index in [4.69, 9.17) is 21.1 Å². The fraction of sp³-hybridized carbons (Fsp3) is 0.250. The molecule has 0 spiro atoms. The number of carbonyl (C=O) groups excluding carboxylic acids is 1. The fourth-order valence-electron chi connectivity index (χ4n) is 3.01. The molecule has 1 N–H and O–H groups in total. The number of hydrogen-bond donors (Lipinski definition) is 1. The number of nitrogens with one attached hydrogen (secondary N) is 1. The minimum Gasteiger partial charge on any atom is -0.490 e. The van der Waals surface area contributed by atoms with Crippen LogP contribution in [-0.4, -0.2) is 33.9 Å². The largest absolute Gasteiger partial charge is 0.490 e. The molecule has 11 heteroatoms. The van der Waals surface area contributed by atoms with Crippen molar-refractivity contribution in [2.45, 2.75) is 19.5 Å². The molecule has 0 aliphatic carbocycles. The number of halogens is 4. The molecule has 4 rings (SSSR count). The second-order valence-corrected chi connectivity index (χ2v) is 7.15. The van der Waals surface area contributed by atoms with Crippen molar-refractivity contribution in [3.05, 3.63) is 58.5 Å². The molecule has 31 heavy (non-hydrogen) atoms. The van der Waals surface area contributed by atoms with E-state index in [2.05, 4.69) is 15.4 Å². The first kappa shape index (κ1) is 21.0.